The first kappa shape index (κ1) is 23.1. The number of carboxylic acids is 3. The van der Waals surface area contributed by atoms with Crippen LogP contribution in [0.15, 0.2) is 48.5 Å². The normalized spacial score (nSPS) is 11.2. The summed E-state index contributed by atoms with van der Waals surface area (Å²) in [4.78, 5) is 35.0. The van der Waals surface area contributed by atoms with Crippen molar-refractivity contribution in [2.45, 2.75) is 57.3 Å². The van der Waals surface area contributed by atoms with Gasteiger partial charge in [0.05, 0.1) is 11.1 Å². The molecule has 6 nitrogen and oxygen atoms in total. The Morgan fingerprint density at radius 2 is 1.07 bits per heavy atom. The molecule has 0 radical (unpaired) electrons. The van der Waals surface area contributed by atoms with Crippen molar-refractivity contribution in [1.29, 1.82) is 0 Å². The van der Waals surface area contributed by atoms with E-state index >= 15 is 0 Å². The van der Waals surface area contributed by atoms with E-state index in [0.29, 0.717) is 24.0 Å². The first-order valence-corrected chi connectivity index (χ1v) is 10.2. The molecule has 0 aliphatic rings. The monoisotopic (exact) mass is 412 g/mol. The molecule has 0 heterocycles. The van der Waals surface area contributed by atoms with Crippen LogP contribution in [-0.4, -0.2) is 33.2 Å². The fraction of sp³-hybridized carbons (Fsp3) is 0.375. The number of rotatable bonds is 12. The molecule has 0 unspecified atom stereocenters. The van der Waals surface area contributed by atoms with Crippen molar-refractivity contribution in [1.82, 2.24) is 0 Å². The minimum atomic E-state index is -1.38. The van der Waals surface area contributed by atoms with Gasteiger partial charge in [0.1, 0.15) is 5.41 Å². The van der Waals surface area contributed by atoms with Gasteiger partial charge in [0, 0.05) is 0 Å². The third-order valence-corrected chi connectivity index (χ3v) is 5.52. The Kier molecular flexibility index (Phi) is 8.16. The van der Waals surface area contributed by atoms with Crippen LogP contribution >= 0.6 is 0 Å². The van der Waals surface area contributed by atoms with Gasteiger partial charge in [0.2, 0.25) is 0 Å². The predicted octanol–water partition coefficient (Wildman–Crippen LogP) is 5.20. The van der Waals surface area contributed by atoms with Crippen LogP contribution in [0.5, 0.6) is 0 Å². The standard InChI is InChI=1S/C24H28O6/c1-2-3-4-5-6-7-16-24(23(29)30,19-12-8-17(9-13-19)21(25)26)20-14-10-18(11-15-20)22(27)28/h8-15H,2-7,16H2,1H3,(H,25,26)(H,27,28)(H,29,30). The Morgan fingerprint density at radius 1 is 0.667 bits per heavy atom. The molecule has 2 aromatic rings. The summed E-state index contributed by atoms with van der Waals surface area (Å²) >= 11 is 0. The van der Waals surface area contributed by atoms with Crippen molar-refractivity contribution in [3.05, 3.63) is 70.8 Å². The molecule has 2 rings (SSSR count). The van der Waals surface area contributed by atoms with Crippen molar-refractivity contribution >= 4 is 17.9 Å². The predicted molar refractivity (Wildman–Crippen MR) is 113 cm³/mol. The lowest BCUT2D eigenvalue weighted by atomic mass is 9.70. The number of hydrogen-bond donors (Lipinski definition) is 3. The van der Waals surface area contributed by atoms with Crippen molar-refractivity contribution in [2.24, 2.45) is 0 Å². The largest absolute Gasteiger partial charge is 0.480 e. The lowest BCUT2D eigenvalue weighted by Crippen LogP contribution is -2.37. The van der Waals surface area contributed by atoms with Gasteiger partial charge in [0.15, 0.2) is 0 Å². The van der Waals surface area contributed by atoms with E-state index < -0.39 is 23.3 Å². The zero-order valence-electron chi connectivity index (χ0n) is 17.1. The topological polar surface area (TPSA) is 112 Å². The van der Waals surface area contributed by atoms with Gasteiger partial charge in [-0.3, -0.25) is 4.79 Å². The average molecular weight is 412 g/mol. The molecule has 30 heavy (non-hydrogen) atoms. The highest BCUT2D eigenvalue weighted by molar-refractivity contribution is 5.90. The summed E-state index contributed by atoms with van der Waals surface area (Å²) in [7, 11) is 0. The van der Waals surface area contributed by atoms with E-state index in [4.69, 9.17) is 10.2 Å². The van der Waals surface area contributed by atoms with E-state index in [-0.39, 0.29) is 11.1 Å². The van der Waals surface area contributed by atoms with Crippen LogP contribution in [0.25, 0.3) is 0 Å². The molecule has 0 bridgehead atoms. The summed E-state index contributed by atoms with van der Waals surface area (Å²) in [6, 6.07) is 11.8. The van der Waals surface area contributed by atoms with Crippen LogP contribution in [0.2, 0.25) is 0 Å². The van der Waals surface area contributed by atoms with Crippen molar-refractivity contribution in [3.63, 3.8) is 0 Å². The molecule has 0 aliphatic carbocycles. The molecule has 0 saturated heterocycles. The second-order valence-electron chi connectivity index (χ2n) is 7.49. The SMILES string of the molecule is CCCCCCCCC(C(=O)O)(c1ccc(C(=O)O)cc1)c1ccc(C(=O)O)cc1. The molecule has 0 spiro atoms. The van der Waals surface area contributed by atoms with Crippen LogP contribution in [-0.2, 0) is 10.2 Å². The van der Waals surface area contributed by atoms with Crippen molar-refractivity contribution < 1.29 is 29.7 Å². The second-order valence-corrected chi connectivity index (χ2v) is 7.49. The fourth-order valence-corrected chi connectivity index (χ4v) is 3.77. The van der Waals surface area contributed by atoms with Gasteiger partial charge in [0.25, 0.3) is 0 Å². The Morgan fingerprint density at radius 3 is 1.43 bits per heavy atom. The minimum absolute atomic E-state index is 0.0822. The summed E-state index contributed by atoms with van der Waals surface area (Å²) < 4.78 is 0. The van der Waals surface area contributed by atoms with E-state index in [2.05, 4.69) is 6.92 Å². The zero-order valence-corrected chi connectivity index (χ0v) is 17.1. The van der Waals surface area contributed by atoms with Crippen LogP contribution in [0.4, 0.5) is 0 Å². The highest BCUT2D eigenvalue weighted by atomic mass is 16.4. The van der Waals surface area contributed by atoms with Crippen LogP contribution in [0.1, 0.15) is 83.7 Å². The minimum Gasteiger partial charge on any atom is -0.480 e. The van der Waals surface area contributed by atoms with E-state index in [9.17, 15) is 19.5 Å². The number of carbonyl (C=O) groups is 3. The molecule has 2 aromatic carbocycles. The molecule has 6 heteroatoms. The molecule has 0 saturated carbocycles. The summed E-state index contributed by atoms with van der Waals surface area (Å²) in [5.41, 5.74) is -0.246. The van der Waals surface area contributed by atoms with E-state index in [0.717, 1.165) is 32.1 Å². The first-order chi connectivity index (χ1) is 14.3. The van der Waals surface area contributed by atoms with E-state index in [1.807, 2.05) is 0 Å². The van der Waals surface area contributed by atoms with Gasteiger partial charge < -0.3 is 15.3 Å². The molecule has 0 aromatic heterocycles. The van der Waals surface area contributed by atoms with Gasteiger partial charge in [-0.1, -0.05) is 69.7 Å². The Balaban J connectivity index is 2.43. The maximum absolute atomic E-state index is 12.6. The first-order valence-electron chi connectivity index (χ1n) is 10.2. The molecular weight excluding hydrogens is 384 g/mol. The number of benzene rings is 2. The third kappa shape index (κ3) is 5.26. The van der Waals surface area contributed by atoms with Crippen LogP contribution in [0, 0.1) is 0 Å². The molecule has 3 N–H and O–H groups in total. The molecular formula is C24H28O6. The molecule has 0 aliphatic heterocycles. The molecule has 160 valence electrons. The smallest absolute Gasteiger partial charge is 0.335 e. The van der Waals surface area contributed by atoms with Crippen LogP contribution < -0.4 is 0 Å². The average Bonchev–Trinajstić information content (AvgIpc) is 2.73. The highest BCUT2D eigenvalue weighted by Gasteiger charge is 2.41. The Hall–Kier alpha value is -3.15. The van der Waals surface area contributed by atoms with E-state index in [1.54, 1.807) is 24.3 Å². The zero-order chi connectivity index (χ0) is 22.1. The van der Waals surface area contributed by atoms with Crippen LogP contribution in [0.3, 0.4) is 0 Å². The van der Waals surface area contributed by atoms with Crippen molar-refractivity contribution in [3.8, 4) is 0 Å². The van der Waals surface area contributed by atoms with Crippen molar-refractivity contribution in [2.75, 3.05) is 0 Å². The maximum atomic E-state index is 12.6. The van der Waals surface area contributed by atoms with E-state index in [1.165, 1.54) is 24.3 Å². The fourth-order valence-electron chi connectivity index (χ4n) is 3.77. The number of unbranched alkanes of at least 4 members (excludes halogenated alkanes) is 5. The summed E-state index contributed by atoms with van der Waals surface area (Å²) in [6.07, 6.45) is 6.35. The number of aliphatic carboxylic acids is 1. The van der Waals surface area contributed by atoms with Gasteiger partial charge in [-0.05, 0) is 41.8 Å². The van der Waals surface area contributed by atoms with Gasteiger partial charge in [-0.15, -0.1) is 0 Å². The summed E-state index contributed by atoms with van der Waals surface area (Å²) in [5, 5.41) is 28.6. The molecule has 0 atom stereocenters. The summed E-state index contributed by atoms with van der Waals surface area (Å²) in [6.45, 7) is 2.14. The second kappa shape index (κ2) is 10.6. The third-order valence-electron chi connectivity index (χ3n) is 5.52. The van der Waals surface area contributed by atoms with Gasteiger partial charge in [-0.2, -0.15) is 0 Å². The van der Waals surface area contributed by atoms with Gasteiger partial charge in [-0.25, -0.2) is 9.59 Å². The lowest BCUT2D eigenvalue weighted by molar-refractivity contribution is -0.142. The van der Waals surface area contributed by atoms with Gasteiger partial charge >= 0.3 is 17.9 Å². The highest BCUT2D eigenvalue weighted by Crippen LogP contribution is 2.38. The lowest BCUT2D eigenvalue weighted by Gasteiger charge is -2.31. The number of carboxylic acid groups (broad SMARTS) is 3. The molecule has 0 fully saturated rings. The summed E-state index contributed by atoms with van der Waals surface area (Å²) in [5.74, 6) is -3.20. The Bertz CT molecular complexity index is 810. The quantitative estimate of drug-likeness (QED) is 0.413. The maximum Gasteiger partial charge on any atom is 0.335 e. The number of hydrogen-bond acceptors (Lipinski definition) is 3. The molecule has 0 amide bonds. The number of aromatic carboxylic acids is 2. The Labute approximate surface area is 176 Å².